The molecule has 0 amide bonds. The molecule has 1 rings (SSSR count). The summed E-state index contributed by atoms with van der Waals surface area (Å²) in [6, 6.07) is 0. The van der Waals surface area contributed by atoms with Crippen molar-refractivity contribution in [3.05, 3.63) is 0 Å². The SMILES string of the molecule is CCOC(=O)C1CNCC(P(C)(C)=O)C1. The second kappa shape index (κ2) is 5.13. The van der Waals surface area contributed by atoms with E-state index in [1.54, 1.807) is 20.3 Å². The van der Waals surface area contributed by atoms with Crippen molar-refractivity contribution in [2.75, 3.05) is 33.0 Å². The molecular formula is C10H20NO3P. The zero-order valence-electron chi connectivity index (χ0n) is 9.66. The van der Waals surface area contributed by atoms with E-state index < -0.39 is 7.14 Å². The molecule has 5 heteroatoms. The minimum atomic E-state index is -2.11. The summed E-state index contributed by atoms with van der Waals surface area (Å²) in [5, 5.41) is 3.16. The van der Waals surface area contributed by atoms with Crippen LogP contribution in [0.2, 0.25) is 0 Å². The molecular weight excluding hydrogens is 213 g/mol. The Balaban J connectivity index is 2.56. The molecule has 1 fully saturated rings. The summed E-state index contributed by atoms with van der Waals surface area (Å²) < 4.78 is 16.9. The molecule has 88 valence electrons. The average molecular weight is 233 g/mol. The number of rotatable bonds is 3. The summed E-state index contributed by atoms with van der Waals surface area (Å²) in [5.41, 5.74) is 0.112. The van der Waals surface area contributed by atoms with Crippen LogP contribution in [-0.2, 0) is 14.1 Å². The highest BCUT2D eigenvalue weighted by atomic mass is 31.2. The fourth-order valence-electron chi connectivity index (χ4n) is 1.83. The third-order valence-corrected chi connectivity index (χ3v) is 4.98. The van der Waals surface area contributed by atoms with Gasteiger partial charge in [-0.15, -0.1) is 0 Å². The molecule has 1 aliphatic rings. The van der Waals surface area contributed by atoms with Crippen LogP contribution < -0.4 is 5.32 Å². The predicted octanol–water partition coefficient (Wildman–Crippen LogP) is 1.15. The topological polar surface area (TPSA) is 55.4 Å². The van der Waals surface area contributed by atoms with Gasteiger partial charge in [-0.05, 0) is 26.7 Å². The molecule has 0 saturated carbocycles. The first-order valence-corrected chi connectivity index (χ1v) is 8.04. The van der Waals surface area contributed by atoms with Gasteiger partial charge in [0.25, 0.3) is 0 Å². The highest BCUT2D eigenvalue weighted by molar-refractivity contribution is 7.63. The number of carbonyl (C=O) groups is 1. The van der Waals surface area contributed by atoms with Crippen LogP contribution >= 0.6 is 7.14 Å². The monoisotopic (exact) mass is 233 g/mol. The molecule has 1 N–H and O–H groups in total. The molecule has 2 unspecified atom stereocenters. The van der Waals surface area contributed by atoms with Crippen LogP contribution in [0, 0.1) is 5.92 Å². The lowest BCUT2D eigenvalue weighted by Crippen LogP contribution is -2.42. The van der Waals surface area contributed by atoms with Crippen LogP contribution in [0.3, 0.4) is 0 Å². The Bertz CT molecular complexity index is 274. The molecule has 0 aromatic rings. The van der Waals surface area contributed by atoms with E-state index in [-0.39, 0.29) is 17.5 Å². The largest absolute Gasteiger partial charge is 0.466 e. The van der Waals surface area contributed by atoms with E-state index in [1.807, 2.05) is 0 Å². The summed E-state index contributed by atoms with van der Waals surface area (Å²) in [7, 11) is -2.11. The van der Waals surface area contributed by atoms with Crippen LogP contribution in [0.15, 0.2) is 0 Å². The molecule has 1 heterocycles. The number of carbonyl (C=O) groups excluding carboxylic acids is 1. The van der Waals surface area contributed by atoms with Crippen molar-refractivity contribution in [1.82, 2.24) is 5.32 Å². The molecule has 0 radical (unpaired) electrons. The van der Waals surface area contributed by atoms with Crippen LogP contribution in [0.1, 0.15) is 13.3 Å². The fraction of sp³-hybridized carbons (Fsp3) is 0.900. The predicted molar refractivity (Wildman–Crippen MR) is 60.9 cm³/mol. The third-order valence-electron chi connectivity index (χ3n) is 2.83. The average Bonchev–Trinajstić information content (AvgIpc) is 2.17. The Morgan fingerprint density at radius 2 is 2.13 bits per heavy atom. The van der Waals surface area contributed by atoms with Crippen molar-refractivity contribution >= 4 is 13.1 Å². The van der Waals surface area contributed by atoms with Gasteiger partial charge in [0.2, 0.25) is 0 Å². The molecule has 1 aliphatic heterocycles. The maximum absolute atomic E-state index is 11.9. The maximum Gasteiger partial charge on any atom is 0.310 e. The molecule has 0 spiro atoms. The molecule has 0 aromatic carbocycles. The number of piperidine rings is 1. The van der Waals surface area contributed by atoms with Gasteiger partial charge in [-0.3, -0.25) is 4.79 Å². The first-order chi connectivity index (χ1) is 6.95. The minimum Gasteiger partial charge on any atom is -0.466 e. The van der Waals surface area contributed by atoms with Crippen LogP contribution in [-0.4, -0.2) is 44.7 Å². The number of nitrogens with one attached hydrogen (secondary N) is 1. The molecule has 0 aliphatic carbocycles. The molecule has 2 atom stereocenters. The van der Waals surface area contributed by atoms with Crippen molar-refractivity contribution in [1.29, 1.82) is 0 Å². The van der Waals surface area contributed by atoms with Gasteiger partial charge < -0.3 is 14.6 Å². The maximum atomic E-state index is 11.9. The summed E-state index contributed by atoms with van der Waals surface area (Å²) >= 11 is 0. The second-order valence-corrected chi connectivity index (χ2v) is 8.03. The molecule has 15 heavy (non-hydrogen) atoms. The van der Waals surface area contributed by atoms with Gasteiger partial charge in [-0.1, -0.05) is 0 Å². The van der Waals surface area contributed by atoms with Crippen molar-refractivity contribution < 1.29 is 14.1 Å². The van der Waals surface area contributed by atoms with Crippen molar-refractivity contribution in [2.24, 2.45) is 5.92 Å². The summed E-state index contributed by atoms with van der Waals surface area (Å²) in [6.45, 7) is 7.18. The lowest BCUT2D eigenvalue weighted by molar-refractivity contribution is -0.148. The summed E-state index contributed by atoms with van der Waals surface area (Å²) in [6.07, 6.45) is 0.691. The highest BCUT2D eigenvalue weighted by Gasteiger charge is 2.33. The summed E-state index contributed by atoms with van der Waals surface area (Å²) in [4.78, 5) is 11.5. The van der Waals surface area contributed by atoms with E-state index in [0.29, 0.717) is 19.6 Å². The minimum absolute atomic E-state index is 0.112. The van der Waals surface area contributed by atoms with Crippen molar-refractivity contribution in [3.63, 3.8) is 0 Å². The molecule has 0 aromatic heterocycles. The van der Waals surface area contributed by atoms with E-state index in [0.717, 1.165) is 6.54 Å². The third kappa shape index (κ3) is 3.62. The highest BCUT2D eigenvalue weighted by Crippen LogP contribution is 2.45. The summed E-state index contributed by atoms with van der Waals surface area (Å²) in [5.74, 6) is -0.292. The van der Waals surface area contributed by atoms with Gasteiger partial charge in [-0.25, -0.2) is 0 Å². The van der Waals surface area contributed by atoms with E-state index >= 15 is 0 Å². The van der Waals surface area contributed by atoms with Gasteiger partial charge >= 0.3 is 5.97 Å². The lowest BCUT2D eigenvalue weighted by Gasteiger charge is -2.30. The Morgan fingerprint density at radius 1 is 1.47 bits per heavy atom. The van der Waals surface area contributed by atoms with Gasteiger partial charge in [-0.2, -0.15) is 0 Å². The number of ether oxygens (including phenoxy) is 1. The van der Waals surface area contributed by atoms with E-state index in [4.69, 9.17) is 4.74 Å². The van der Waals surface area contributed by atoms with Crippen molar-refractivity contribution in [2.45, 2.75) is 19.0 Å². The van der Waals surface area contributed by atoms with Gasteiger partial charge in [0.15, 0.2) is 0 Å². The zero-order chi connectivity index (χ0) is 11.5. The first kappa shape index (κ1) is 12.7. The van der Waals surface area contributed by atoms with E-state index in [9.17, 15) is 9.36 Å². The normalized spacial score (nSPS) is 27.4. The molecule has 4 nitrogen and oxygen atoms in total. The standard InChI is InChI=1S/C10H20NO3P/c1-4-14-10(12)8-5-9(7-11-6-8)15(2,3)13/h8-9,11H,4-7H2,1-3H3. The fourth-order valence-corrected chi connectivity index (χ4v) is 3.16. The van der Waals surface area contributed by atoms with Crippen LogP contribution in [0.4, 0.5) is 0 Å². The smallest absolute Gasteiger partial charge is 0.310 e. The van der Waals surface area contributed by atoms with Crippen LogP contribution in [0.25, 0.3) is 0 Å². The second-order valence-electron chi connectivity index (χ2n) is 4.43. The van der Waals surface area contributed by atoms with E-state index in [1.165, 1.54) is 0 Å². The number of esters is 1. The number of hydrogen-bond acceptors (Lipinski definition) is 4. The zero-order valence-corrected chi connectivity index (χ0v) is 10.5. The molecule has 0 bridgehead atoms. The van der Waals surface area contributed by atoms with Crippen LogP contribution in [0.5, 0.6) is 0 Å². The van der Waals surface area contributed by atoms with Gasteiger partial charge in [0.05, 0.1) is 19.7 Å². The Labute approximate surface area is 91.1 Å². The van der Waals surface area contributed by atoms with E-state index in [2.05, 4.69) is 5.32 Å². The Hall–Kier alpha value is -0.340. The van der Waals surface area contributed by atoms with Gasteiger partial charge in [0.1, 0.15) is 0 Å². The Morgan fingerprint density at radius 3 is 2.67 bits per heavy atom. The van der Waals surface area contributed by atoms with Crippen molar-refractivity contribution in [3.8, 4) is 0 Å². The quantitative estimate of drug-likeness (QED) is 0.587. The molecule has 1 saturated heterocycles. The lowest BCUT2D eigenvalue weighted by atomic mass is 9.99. The van der Waals surface area contributed by atoms with Gasteiger partial charge in [0, 0.05) is 18.7 Å². The first-order valence-electron chi connectivity index (χ1n) is 5.37. The Kier molecular flexibility index (Phi) is 4.35. The number of hydrogen-bond donors (Lipinski definition) is 1.